The zero-order valence-corrected chi connectivity index (χ0v) is 10.7. The molecule has 0 aliphatic heterocycles. The first-order valence-electron chi connectivity index (χ1n) is 5.38. The van der Waals surface area contributed by atoms with E-state index < -0.39 is 0 Å². The Morgan fingerprint density at radius 1 is 1.47 bits per heavy atom. The summed E-state index contributed by atoms with van der Waals surface area (Å²) in [5, 5.41) is 12.9. The lowest BCUT2D eigenvalue weighted by molar-refractivity contribution is 0.0705. The van der Waals surface area contributed by atoms with E-state index in [0.717, 1.165) is 18.0 Å². The fourth-order valence-electron chi connectivity index (χ4n) is 1.21. The van der Waals surface area contributed by atoms with Gasteiger partial charge in [-0.3, -0.25) is 0 Å². The molecule has 1 aromatic rings. The second-order valence-corrected chi connectivity index (χ2v) is 4.44. The molecule has 1 rings (SSSR count). The van der Waals surface area contributed by atoms with Crippen LogP contribution in [0.1, 0.15) is 11.3 Å². The molecule has 0 atom stereocenters. The Hall–Kier alpha value is -1.29. The molecular formula is C11H17N3O2S. The normalized spacial score (nSPS) is 10.1. The van der Waals surface area contributed by atoms with Gasteiger partial charge in [-0.2, -0.15) is 5.26 Å². The number of methoxy groups -OCH3 is 1. The van der Waals surface area contributed by atoms with E-state index >= 15 is 0 Å². The number of nitrogens with zero attached hydrogens (tertiary/aromatic N) is 1. The maximum atomic E-state index is 8.74. The molecule has 1 aromatic heterocycles. The summed E-state index contributed by atoms with van der Waals surface area (Å²) in [7, 11) is 1.65. The number of rotatable bonds is 8. The molecule has 6 heteroatoms. The molecule has 0 saturated carbocycles. The van der Waals surface area contributed by atoms with E-state index in [1.54, 1.807) is 13.2 Å². The monoisotopic (exact) mass is 255 g/mol. The first-order chi connectivity index (χ1) is 8.27. The third-order valence-corrected chi connectivity index (χ3v) is 3.07. The molecule has 0 aliphatic carbocycles. The van der Waals surface area contributed by atoms with E-state index in [1.165, 1.54) is 11.3 Å². The molecular weight excluding hydrogens is 238 g/mol. The average Bonchev–Trinajstić information content (AvgIpc) is 2.68. The molecule has 0 amide bonds. The summed E-state index contributed by atoms with van der Waals surface area (Å²) in [6.07, 6.45) is 0.906. The van der Waals surface area contributed by atoms with Crippen LogP contribution in [-0.2, 0) is 9.47 Å². The first kappa shape index (κ1) is 13.8. The largest absolute Gasteiger partial charge is 0.397 e. The van der Waals surface area contributed by atoms with Crippen LogP contribution >= 0.6 is 11.3 Å². The molecule has 0 aliphatic rings. The molecule has 0 radical (unpaired) electrons. The van der Waals surface area contributed by atoms with Gasteiger partial charge in [0.1, 0.15) is 10.9 Å². The van der Waals surface area contributed by atoms with Crippen LogP contribution in [0.25, 0.3) is 0 Å². The second-order valence-electron chi connectivity index (χ2n) is 3.39. The average molecular weight is 255 g/mol. The number of hydrogen-bond acceptors (Lipinski definition) is 6. The van der Waals surface area contributed by atoms with Crippen molar-refractivity contribution in [1.82, 2.24) is 0 Å². The van der Waals surface area contributed by atoms with Gasteiger partial charge in [0.2, 0.25) is 0 Å². The highest BCUT2D eigenvalue weighted by Crippen LogP contribution is 2.27. The zero-order chi connectivity index (χ0) is 12.5. The van der Waals surface area contributed by atoms with Crippen molar-refractivity contribution in [2.24, 2.45) is 0 Å². The number of ether oxygens (including phenoxy) is 2. The quantitative estimate of drug-likeness (QED) is 0.691. The van der Waals surface area contributed by atoms with Gasteiger partial charge in [0.05, 0.1) is 23.9 Å². The van der Waals surface area contributed by atoms with Crippen molar-refractivity contribution in [3.63, 3.8) is 0 Å². The summed E-state index contributed by atoms with van der Waals surface area (Å²) >= 11 is 1.37. The van der Waals surface area contributed by atoms with Gasteiger partial charge in [0, 0.05) is 20.3 Å². The van der Waals surface area contributed by atoms with Gasteiger partial charge in [-0.25, -0.2) is 0 Å². The number of nitriles is 1. The van der Waals surface area contributed by atoms with Gasteiger partial charge >= 0.3 is 0 Å². The maximum Gasteiger partial charge on any atom is 0.129 e. The van der Waals surface area contributed by atoms with Crippen molar-refractivity contribution in [2.75, 3.05) is 44.5 Å². The minimum Gasteiger partial charge on any atom is -0.397 e. The van der Waals surface area contributed by atoms with Gasteiger partial charge < -0.3 is 20.5 Å². The van der Waals surface area contributed by atoms with Crippen molar-refractivity contribution in [3.05, 3.63) is 10.9 Å². The van der Waals surface area contributed by atoms with Crippen LogP contribution in [-0.4, -0.2) is 33.5 Å². The van der Waals surface area contributed by atoms with E-state index in [2.05, 4.69) is 11.4 Å². The predicted octanol–water partition coefficient (Wildman–Crippen LogP) is 1.67. The van der Waals surface area contributed by atoms with Crippen LogP contribution in [0.15, 0.2) is 6.07 Å². The van der Waals surface area contributed by atoms with E-state index in [1.807, 2.05) is 0 Å². The highest BCUT2D eigenvalue weighted by molar-refractivity contribution is 7.17. The highest BCUT2D eigenvalue weighted by atomic mass is 32.1. The summed E-state index contributed by atoms with van der Waals surface area (Å²) < 4.78 is 10.2. The number of nitrogen functional groups attached to an aromatic ring is 1. The van der Waals surface area contributed by atoms with Crippen LogP contribution in [0, 0.1) is 11.3 Å². The second kappa shape index (κ2) is 7.90. The van der Waals surface area contributed by atoms with Crippen LogP contribution in [0.2, 0.25) is 0 Å². The van der Waals surface area contributed by atoms with Gasteiger partial charge in [-0.15, -0.1) is 11.3 Å². The lowest BCUT2D eigenvalue weighted by Crippen LogP contribution is -2.07. The predicted molar refractivity (Wildman–Crippen MR) is 69.2 cm³/mol. The Bertz CT molecular complexity index is 373. The van der Waals surface area contributed by atoms with Crippen molar-refractivity contribution in [1.29, 1.82) is 5.26 Å². The Kier molecular flexibility index (Phi) is 6.40. The third kappa shape index (κ3) is 5.04. The third-order valence-electron chi connectivity index (χ3n) is 2.06. The van der Waals surface area contributed by atoms with Crippen LogP contribution in [0.5, 0.6) is 0 Å². The smallest absolute Gasteiger partial charge is 0.129 e. The molecule has 3 N–H and O–H groups in total. The number of anilines is 2. The summed E-state index contributed by atoms with van der Waals surface area (Å²) in [6, 6.07) is 3.84. The van der Waals surface area contributed by atoms with E-state index in [9.17, 15) is 0 Å². The number of nitrogens with one attached hydrogen (secondary N) is 1. The molecule has 0 bridgehead atoms. The van der Waals surface area contributed by atoms with Gasteiger partial charge in [0.15, 0.2) is 0 Å². The molecule has 0 unspecified atom stereocenters. The summed E-state index contributed by atoms with van der Waals surface area (Å²) in [6.45, 7) is 2.75. The molecule has 0 spiro atoms. The Balaban J connectivity index is 2.12. The summed E-state index contributed by atoms with van der Waals surface area (Å²) in [5.41, 5.74) is 6.18. The van der Waals surface area contributed by atoms with Crippen molar-refractivity contribution < 1.29 is 9.47 Å². The Morgan fingerprint density at radius 3 is 2.94 bits per heavy atom. The number of thiophene rings is 1. The molecule has 0 fully saturated rings. The summed E-state index contributed by atoms with van der Waals surface area (Å²) in [4.78, 5) is 0.559. The molecule has 0 saturated heterocycles. The molecule has 94 valence electrons. The Morgan fingerprint density at radius 2 is 2.29 bits per heavy atom. The molecule has 5 nitrogen and oxygen atoms in total. The topological polar surface area (TPSA) is 80.3 Å². The minimum absolute atomic E-state index is 0.538. The van der Waals surface area contributed by atoms with E-state index in [-0.39, 0.29) is 0 Å². The maximum absolute atomic E-state index is 8.74. The molecule has 1 heterocycles. The molecule has 17 heavy (non-hydrogen) atoms. The first-order valence-corrected chi connectivity index (χ1v) is 6.19. The SMILES string of the molecule is COCCOCCCNc1cc(N)c(C#N)s1. The number of hydrogen-bond donors (Lipinski definition) is 2. The van der Waals surface area contributed by atoms with Crippen LogP contribution in [0.3, 0.4) is 0 Å². The van der Waals surface area contributed by atoms with E-state index in [0.29, 0.717) is 30.4 Å². The zero-order valence-electron chi connectivity index (χ0n) is 9.86. The van der Waals surface area contributed by atoms with Crippen LogP contribution in [0.4, 0.5) is 10.7 Å². The highest BCUT2D eigenvalue weighted by Gasteiger charge is 2.04. The Labute approximate surface area is 105 Å². The van der Waals surface area contributed by atoms with Crippen molar-refractivity contribution >= 4 is 22.0 Å². The standard InChI is InChI=1S/C11H17N3O2S/c1-15-5-6-16-4-2-3-14-11-7-9(13)10(8-12)17-11/h7,14H,2-6,13H2,1H3. The van der Waals surface area contributed by atoms with Crippen molar-refractivity contribution in [3.8, 4) is 6.07 Å². The minimum atomic E-state index is 0.538. The van der Waals surface area contributed by atoms with Gasteiger partial charge in [0.25, 0.3) is 0 Å². The van der Waals surface area contributed by atoms with Gasteiger partial charge in [-0.05, 0) is 12.5 Å². The fourth-order valence-corrected chi connectivity index (χ4v) is 2.01. The lowest BCUT2D eigenvalue weighted by atomic mass is 10.4. The van der Waals surface area contributed by atoms with E-state index in [4.69, 9.17) is 20.5 Å². The van der Waals surface area contributed by atoms with Crippen molar-refractivity contribution in [2.45, 2.75) is 6.42 Å². The fraction of sp³-hybridized carbons (Fsp3) is 0.545. The molecule has 0 aromatic carbocycles. The van der Waals surface area contributed by atoms with Gasteiger partial charge in [-0.1, -0.05) is 0 Å². The lowest BCUT2D eigenvalue weighted by Gasteiger charge is -2.04. The number of nitrogens with two attached hydrogens (primary N) is 1. The van der Waals surface area contributed by atoms with Crippen LogP contribution < -0.4 is 11.1 Å². The summed E-state index contributed by atoms with van der Waals surface area (Å²) in [5.74, 6) is 0.